The quantitative estimate of drug-likeness (QED) is 0.149. The monoisotopic (exact) mass is 607 g/mol. The summed E-state index contributed by atoms with van der Waals surface area (Å²) in [4.78, 5) is 45.4. The number of nitriles is 1. The molecule has 0 bridgehead atoms. The van der Waals surface area contributed by atoms with E-state index in [1.54, 1.807) is 80.0 Å². The first-order valence-corrected chi connectivity index (χ1v) is 15.5. The molecule has 2 heterocycles. The Morgan fingerprint density at radius 2 is 1.84 bits per heavy atom. The molecule has 0 aliphatic heterocycles. The fourth-order valence-corrected chi connectivity index (χ4v) is 6.83. The summed E-state index contributed by atoms with van der Waals surface area (Å²) in [7, 11) is 0. The summed E-state index contributed by atoms with van der Waals surface area (Å²) < 4.78 is 0. The number of carbonyl (C=O) groups excluding carboxylic acids is 3. The van der Waals surface area contributed by atoms with Crippen LogP contribution < -0.4 is 16.0 Å². The van der Waals surface area contributed by atoms with Gasteiger partial charge in [0, 0.05) is 33.4 Å². The second kappa shape index (κ2) is 14.0. The maximum absolute atomic E-state index is 13.4. The molecule has 0 spiro atoms. The van der Waals surface area contributed by atoms with E-state index >= 15 is 0 Å². The van der Waals surface area contributed by atoms with E-state index in [0.29, 0.717) is 27.4 Å². The lowest BCUT2D eigenvalue weighted by molar-refractivity contribution is -0.115. The summed E-state index contributed by atoms with van der Waals surface area (Å²) in [6.45, 7) is 1.80. The number of rotatable bonds is 9. The molecule has 1 aliphatic carbocycles. The number of nitrogens with one attached hydrogen (secondary N) is 3. The molecule has 3 N–H and O–H groups in total. The highest BCUT2D eigenvalue weighted by atomic mass is 32.2. The lowest BCUT2D eigenvalue weighted by Crippen LogP contribution is -2.30. The van der Waals surface area contributed by atoms with Crippen molar-refractivity contribution in [2.75, 3.05) is 10.6 Å². The highest BCUT2D eigenvalue weighted by Gasteiger charge is 2.24. The van der Waals surface area contributed by atoms with Gasteiger partial charge in [0.05, 0.1) is 10.8 Å². The summed E-state index contributed by atoms with van der Waals surface area (Å²) in [6.07, 6.45) is 8.77. The van der Waals surface area contributed by atoms with Crippen LogP contribution >= 0.6 is 23.1 Å². The van der Waals surface area contributed by atoms with Gasteiger partial charge in [-0.15, -0.1) is 23.1 Å². The number of anilines is 2. The Balaban J connectivity index is 1.27. The Kier molecular flexibility index (Phi) is 9.66. The van der Waals surface area contributed by atoms with Crippen molar-refractivity contribution in [2.45, 2.75) is 42.8 Å². The number of pyridine rings is 1. The molecular formula is C33H29N5O3S2. The van der Waals surface area contributed by atoms with Crippen LogP contribution in [0.15, 0.2) is 89.7 Å². The number of nitrogens with zero attached hydrogens (tertiary/aromatic N) is 2. The van der Waals surface area contributed by atoms with Crippen LogP contribution in [0.3, 0.4) is 0 Å². The van der Waals surface area contributed by atoms with Gasteiger partial charge in [0.25, 0.3) is 11.8 Å². The van der Waals surface area contributed by atoms with Gasteiger partial charge in [-0.3, -0.25) is 19.4 Å². The van der Waals surface area contributed by atoms with Gasteiger partial charge >= 0.3 is 0 Å². The van der Waals surface area contributed by atoms with E-state index in [1.165, 1.54) is 28.0 Å². The molecule has 5 rings (SSSR count). The fourth-order valence-electron chi connectivity index (χ4n) is 4.66. The summed E-state index contributed by atoms with van der Waals surface area (Å²) in [6, 6.07) is 21.6. The minimum Gasteiger partial charge on any atom is -0.321 e. The van der Waals surface area contributed by atoms with Crippen molar-refractivity contribution < 1.29 is 14.4 Å². The second-order valence-corrected chi connectivity index (χ2v) is 12.4. The molecule has 0 radical (unpaired) electrons. The zero-order chi connectivity index (χ0) is 30.2. The lowest BCUT2D eigenvalue weighted by Gasteiger charge is -2.14. The molecule has 0 fully saturated rings. The van der Waals surface area contributed by atoms with Crippen molar-refractivity contribution >= 4 is 57.6 Å². The van der Waals surface area contributed by atoms with E-state index in [-0.39, 0.29) is 11.6 Å². The molecule has 8 nitrogen and oxygen atoms in total. The number of aromatic nitrogens is 1. The highest BCUT2D eigenvalue weighted by molar-refractivity contribution is 8.00. The van der Waals surface area contributed by atoms with E-state index < -0.39 is 17.1 Å². The van der Waals surface area contributed by atoms with Crippen LogP contribution in [-0.4, -0.2) is 28.0 Å². The predicted octanol–water partition coefficient (Wildman–Crippen LogP) is 6.42. The van der Waals surface area contributed by atoms with Gasteiger partial charge in [-0.2, -0.15) is 5.26 Å². The van der Waals surface area contributed by atoms with Crippen LogP contribution in [0.25, 0.3) is 6.08 Å². The van der Waals surface area contributed by atoms with Crippen LogP contribution in [0.1, 0.15) is 51.7 Å². The standard InChI is InChI=1S/C33H29N5O3S2/c1-21(30(39)38-33-27(19-34)26-14-5-6-15-29(26)43-33)42-25-13-7-12-24(18-25)36-32(41)28(17-22-9-8-16-35-20-22)37-31(40)23-10-3-2-4-11-23/h2-4,7-13,16-18,20-21H,5-6,14-15H2,1H3,(H,36,41)(H,37,40)(H,38,39)/b28-17-. The van der Waals surface area contributed by atoms with Gasteiger partial charge in [-0.05, 0) is 86.2 Å². The molecule has 43 heavy (non-hydrogen) atoms. The molecule has 4 aromatic rings. The predicted molar refractivity (Wildman–Crippen MR) is 171 cm³/mol. The van der Waals surface area contributed by atoms with E-state index in [9.17, 15) is 19.6 Å². The molecule has 0 saturated heterocycles. The number of thiophene rings is 1. The topological polar surface area (TPSA) is 124 Å². The molecule has 216 valence electrons. The SMILES string of the molecule is CC(Sc1cccc(NC(=O)/C(=C/c2cccnc2)NC(=O)c2ccccc2)c1)C(=O)Nc1sc2c(c1C#N)CCCC2. The van der Waals surface area contributed by atoms with Crippen LogP contribution in [0.5, 0.6) is 0 Å². The first-order valence-electron chi connectivity index (χ1n) is 13.8. The smallest absolute Gasteiger partial charge is 0.272 e. The zero-order valence-electron chi connectivity index (χ0n) is 23.4. The molecule has 3 amide bonds. The molecule has 2 aromatic carbocycles. The number of hydrogen-bond acceptors (Lipinski definition) is 7. The van der Waals surface area contributed by atoms with Gasteiger partial charge in [0.1, 0.15) is 16.8 Å². The van der Waals surface area contributed by atoms with Gasteiger partial charge < -0.3 is 16.0 Å². The van der Waals surface area contributed by atoms with Crippen LogP contribution in [0.4, 0.5) is 10.7 Å². The van der Waals surface area contributed by atoms with Crippen LogP contribution in [0, 0.1) is 11.3 Å². The number of aryl methyl sites for hydroxylation is 1. The highest BCUT2D eigenvalue weighted by Crippen LogP contribution is 2.38. The maximum Gasteiger partial charge on any atom is 0.272 e. The average molecular weight is 608 g/mol. The van der Waals surface area contributed by atoms with Crippen LogP contribution in [0.2, 0.25) is 0 Å². The zero-order valence-corrected chi connectivity index (χ0v) is 25.1. The molecular weight excluding hydrogens is 579 g/mol. The minimum absolute atomic E-state index is 0.0552. The Bertz CT molecular complexity index is 1710. The lowest BCUT2D eigenvalue weighted by atomic mass is 9.96. The molecule has 1 atom stereocenters. The third kappa shape index (κ3) is 7.57. The van der Waals surface area contributed by atoms with E-state index in [2.05, 4.69) is 27.0 Å². The van der Waals surface area contributed by atoms with E-state index in [0.717, 1.165) is 36.1 Å². The van der Waals surface area contributed by atoms with Crippen molar-refractivity contribution in [2.24, 2.45) is 0 Å². The Morgan fingerprint density at radius 1 is 1.02 bits per heavy atom. The first kappa shape index (κ1) is 29.8. The van der Waals surface area contributed by atoms with Gasteiger partial charge in [-0.1, -0.05) is 30.3 Å². The number of benzene rings is 2. The van der Waals surface area contributed by atoms with Crippen molar-refractivity contribution in [1.82, 2.24) is 10.3 Å². The normalized spacial score (nSPS) is 13.3. The Hall–Kier alpha value is -4.72. The van der Waals surface area contributed by atoms with Crippen molar-refractivity contribution in [3.8, 4) is 6.07 Å². The van der Waals surface area contributed by atoms with E-state index in [1.807, 2.05) is 12.1 Å². The van der Waals surface area contributed by atoms with Crippen molar-refractivity contribution in [1.29, 1.82) is 5.26 Å². The van der Waals surface area contributed by atoms with Gasteiger partial charge in [0.2, 0.25) is 5.91 Å². The van der Waals surface area contributed by atoms with Crippen molar-refractivity contribution in [3.05, 3.63) is 112 Å². The van der Waals surface area contributed by atoms with Crippen molar-refractivity contribution in [3.63, 3.8) is 0 Å². The molecule has 2 aromatic heterocycles. The summed E-state index contributed by atoms with van der Waals surface area (Å²) in [5.74, 6) is -1.12. The number of hydrogen-bond donors (Lipinski definition) is 3. The van der Waals surface area contributed by atoms with E-state index in [4.69, 9.17) is 0 Å². The molecule has 0 saturated carbocycles. The first-order chi connectivity index (χ1) is 20.9. The Morgan fingerprint density at radius 3 is 2.60 bits per heavy atom. The number of thioether (sulfide) groups is 1. The molecule has 1 unspecified atom stereocenters. The Labute approximate surface area is 258 Å². The van der Waals surface area contributed by atoms with Gasteiger partial charge in [-0.25, -0.2) is 0 Å². The fraction of sp³-hybridized carbons (Fsp3) is 0.182. The largest absolute Gasteiger partial charge is 0.321 e. The summed E-state index contributed by atoms with van der Waals surface area (Å²) in [5.41, 5.74) is 3.30. The third-order valence-electron chi connectivity index (χ3n) is 6.82. The average Bonchev–Trinajstić information content (AvgIpc) is 3.38. The molecule has 10 heteroatoms. The van der Waals surface area contributed by atoms with Crippen LogP contribution in [-0.2, 0) is 22.4 Å². The number of carbonyl (C=O) groups is 3. The number of fused-ring (bicyclic) bond motifs is 1. The number of amides is 3. The third-order valence-corrected chi connectivity index (χ3v) is 9.12. The summed E-state index contributed by atoms with van der Waals surface area (Å²) >= 11 is 2.85. The second-order valence-electron chi connectivity index (χ2n) is 9.92. The summed E-state index contributed by atoms with van der Waals surface area (Å²) in [5, 5.41) is 18.4. The molecule has 1 aliphatic rings. The maximum atomic E-state index is 13.4. The van der Waals surface area contributed by atoms with Gasteiger partial charge in [0.15, 0.2) is 0 Å². The minimum atomic E-state index is -0.508.